The van der Waals surface area contributed by atoms with Crippen LogP contribution >= 0.6 is 0 Å². The number of methoxy groups -OCH3 is 2. The molecule has 4 rings (SSSR count). The monoisotopic (exact) mass is 348 g/mol. The molecule has 0 aromatic heterocycles. The number of nitrogens with zero attached hydrogens (tertiary/aromatic N) is 1. The van der Waals surface area contributed by atoms with Crippen molar-refractivity contribution in [1.82, 2.24) is 5.43 Å². The molecule has 0 bridgehead atoms. The van der Waals surface area contributed by atoms with Crippen molar-refractivity contribution < 1.29 is 9.47 Å². The zero-order valence-electron chi connectivity index (χ0n) is 15.2. The van der Waals surface area contributed by atoms with Gasteiger partial charge in [0.25, 0.3) is 0 Å². The average molecular weight is 348 g/mol. The third-order valence-corrected chi connectivity index (χ3v) is 5.30. The molecule has 1 fully saturated rings. The minimum atomic E-state index is 0.246. The predicted molar refractivity (Wildman–Crippen MR) is 105 cm³/mol. The Morgan fingerprint density at radius 3 is 2.27 bits per heavy atom. The lowest BCUT2D eigenvalue weighted by atomic mass is 9.78. The second-order valence-corrected chi connectivity index (χ2v) is 6.82. The molecule has 0 amide bonds. The van der Waals surface area contributed by atoms with E-state index in [4.69, 9.17) is 14.6 Å². The van der Waals surface area contributed by atoms with Crippen LogP contribution in [-0.4, -0.2) is 19.9 Å². The number of nitrogens with one attached hydrogen (secondary N) is 1. The molecule has 1 heterocycles. The van der Waals surface area contributed by atoms with Crippen molar-refractivity contribution in [2.24, 2.45) is 11.0 Å². The van der Waals surface area contributed by atoms with Gasteiger partial charge in [-0.1, -0.05) is 24.3 Å². The number of benzene rings is 2. The maximum absolute atomic E-state index is 5.27. The standard InChI is InChI=1S/C22H24N2O2/c1-25-18-10-6-15(7-11-18)14-17-4-3-5-20-21(23-24-22(17)20)16-8-12-19(26-2)13-9-16/h6-14,20-21,23H,3-5H2,1-2H3/b17-14+/t20-,21-/m0/s1. The molecule has 2 aromatic rings. The van der Waals surface area contributed by atoms with Gasteiger partial charge in [0.15, 0.2) is 0 Å². The zero-order chi connectivity index (χ0) is 17.9. The molecular formula is C22H24N2O2. The fourth-order valence-electron chi connectivity index (χ4n) is 3.89. The van der Waals surface area contributed by atoms with Crippen LogP contribution < -0.4 is 14.9 Å². The third kappa shape index (κ3) is 3.19. The summed E-state index contributed by atoms with van der Waals surface area (Å²) in [7, 11) is 3.39. The molecule has 1 saturated carbocycles. The first-order valence-corrected chi connectivity index (χ1v) is 9.10. The van der Waals surface area contributed by atoms with E-state index in [1.54, 1.807) is 14.2 Å². The lowest BCUT2D eigenvalue weighted by Gasteiger charge is -2.26. The molecule has 0 unspecified atom stereocenters. The highest BCUT2D eigenvalue weighted by atomic mass is 16.5. The predicted octanol–water partition coefficient (Wildman–Crippen LogP) is 4.59. The molecule has 1 aliphatic carbocycles. The van der Waals surface area contributed by atoms with Gasteiger partial charge in [0, 0.05) is 5.92 Å². The van der Waals surface area contributed by atoms with Crippen molar-refractivity contribution in [2.45, 2.75) is 25.3 Å². The van der Waals surface area contributed by atoms with Gasteiger partial charge >= 0.3 is 0 Å². The molecule has 2 atom stereocenters. The highest BCUT2D eigenvalue weighted by molar-refractivity contribution is 6.07. The van der Waals surface area contributed by atoms with Gasteiger partial charge < -0.3 is 14.9 Å². The summed E-state index contributed by atoms with van der Waals surface area (Å²) in [5.41, 5.74) is 8.39. The summed E-state index contributed by atoms with van der Waals surface area (Å²) < 4.78 is 10.5. The Labute approximate surface area is 154 Å². The molecule has 1 N–H and O–H groups in total. The largest absolute Gasteiger partial charge is 0.497 e. The summed E-state index contributed by atoms with van der Waals surface area (Å²) in [5.74, 6) is 2.20. The molecule has 2 aromatic carbocycles. The van der Waals surface area contributed by atoms with E-state index in [1.165, 1.54) is 35.3 Å². The lowest BCUT2D eigenvalue weighted by Crippen LogP contribution is -2.25. The van der Waals surface area contributed by atoms with E-state index < -0.39 is 0 Å². The Hall–Kier alpha value is -2.75. The molecule has 26 heavy (non-hydrogen) atoms. The van der Waals surface area contributed by atoms with Crippen LogP contribution in [0.2, 0.25) is 0 Å². The summed E-state index contributed by atoms with van der Waals surface area (Å²) in [6, 6.07) is 16.8. The van der Waals surface area contributed by atoms with Crippen LogP contribution in [0, 0.1) is 5.92 Å². The third-order valence-electron chi connectivity index (χ3n) is 5.30. The van der Waals surface area contributed by atoms with Gasteiger partial charge in [-0.2, -0.15) is 5.10 Å². The maximum Gasteiger partial charge on any atom is 0.118 e. The van der Waals surface area contributed by atoms with E-state index in [0.29, 0.717) is 5.92 Å². The number of hydrogen-bond donors (Lipinski definition) is 1. The average Bonchev–Trinajstić information content (AvgIpc) is 3.14. The minimum Gasteiger partial charge on any atom is -0.497 e. The van der Waals surface area contributed by atoms with Crippen molar-refractivity contribution in [3.8, 4) is 11.5 Å². The van der Waals surface area contributed by atoms with Gasteiger partial charge in [-0.3, -0.25) is 0 Å². The van der Waals surface area contributed by atoms with Crippen molar-refractivity contribution in [1.29, 1.82) is 0 Å². The van der Waals surface area contributed by atoms with Gasteiger partial charge in [0.2, 0.25) is 0 Å². The minimum absolute atomic E-state index is 0.246. The number of hydrazone groups is 1. The fourth-order valence-corrected chi connectivity index (χ4v) is 3.89. The van der Waals surface area contributed by atoms with Crippen LogP contribution in [0.4, 0.5) is 0 Å². The summed E-state index contributed by atoms with van der Waals surface area (Å²) in [6.07, 6.45) is 5.71. The first-order chi connectivity index (χ1) is 12.8. The van der Waals surface area contributed by atoms with Crippen LogP contribution in [0.5, 0.6) is 11.5 Å². The second kappa shape index (κ2) is 7.24. The Bertz CT molecular complexity index is 822. The Morgan fingerprint density at radius 1 is 0.962 bits per heavy atom. The molecular weight excluding hydrogens is 324 g/mol. The number of fused-ring (bicyclic) bond motifs is 1. The number of allylic oxidation sites excluding steroid dienone is 1. The Kier molecular flexibility index (Phi) is 4.65. The van der Waals surface area contributed by atoms with Crippen LogP contribution in [0.15, 0.2) is 59.2 Å². The Morgan fingerprint density at radius 2 is 1.62 bits per heavy atom. The van der Waals surface area contributed by atoms with E-state index in [1.807, 2.05) is 24.3 Å². The maximum atomic E-state index is 5.27. The van der Waals surface area contributed by atoms with E-state index in [0.717, 1.165) is 17.9 Å². The van der Waals surface area contributed by atoms with Crippen molar-refractivity contribution >= 4 is 11.8 Å². The van der Waals surface area contributed by atoms with E-state index in [-0.39, 0.29) is 6.04 Å². The number of ether oxygens (including phenoxy) is 2. The van der Waals surface area contributed by atoms with Gasteiger partial charge in [0.05, 0.1) is 26.0 Å². The first-order valence-electron chi connectivity index (χ1n) is 9.10. The molecule has 4 nitrogen and oxygen atoms in total. The summed E-state index contributed by atoms with van der Waals surface area (Å²) >= 11 is 0. The van der Waals surface area contributed by atoms with Crippen molar-refractivity contribution in [2.75, 3.05) is 14.2 Å². The SMILES string of the molecule is COc1ccc(/C=C2\CCC[C@@H]3C2=NN[C@H]3c2ccc(OC)cc2)cc1. The smallest absolute Gasteiger partial charge is 0.118 e. The quantitative estimate of drug-likeness (QED) is 0.879. The van der Waals surface area contributed by atoms with Crippen LogP contribution in [0.1, 0.15) is 36.4 Å². The topological polar surface area (TPSA) is 42.8 Å². The van der Waals surface area contributed by atoms with Crippen LogP contribution in [0.3, 0.4) is 0 Å². The molecule has 0 saturated heterocycles. The number of hydrogen-bond acceptors (Lipinski definition) is 4. The van der Waals surface area contributed by atoms with Crippen LogP contribution in [0.25, 0.3) is 6.08 Å². The summed E-state index contributed by atoms with van der Waals surface area (Å²) in [5, 5.41) is 4.71. The molecule has 4 heteroatoms. The fraction of sp³-hybridized carbons (Fsp3) is 0.318. The van der Waals surface area contributed by atoms with E-state index in [2.05, 4.69) is 35.8 Å². The molecule has 2 aliphatic rings. The van der Waals surface area contributed by atoms with Gasteiger partial charge in [0.1, 0.15) is 11.5 Å². The molecule has 0 spiro atoms. The highest BCUT2D eigenvalue weighted by Gasteiger charge is 2.36. The number of rotatable bonds is 4. The lowest BCUT2D eigenvalue weighted by molar-refractivity contribution is 0.413. The van der Waals surface area contributed by atoms with E-state index in [9.17, 15) is 0 Å². The van der Waals surface area contributed by atoms with Crippen molar-refractivity contribution in [3.63, 3.8) is 0 Å². The Balaban J connectivity index is 1.56. The van der Waals surface area contributed by atoms with Gasteiger partial charge in [-0.05, 0) is 66.3 Å². The summed E-state index contributed by atoms with van der Waals surface area (Å²) in [6.45, 7) is 0. The molecule has 1 aliphatic heterocycles. The van der Waals surface area contributed by atoms with Gasteiger partial charge in [-0.15, -0.1) is 0 Å². The van der Waals surface area contributed by atoms with Crippen LogP contribution in [-0.2, 0) is 0 Å². The normalized spacial score (nSPS) is 23.2. The zero-order valence-corrected chi connectivity index (χ0v) is 15.2. The first kappa shape index (κ1) is 16.7. The molecule has 134 valence electrons. The van der Waals surface area contributed by atoms with Gasteiger partial charge in [-0.25, -0.2) is 0 Å². The van der Waals surface area contributed by atoms with Crippen molar-refractivity contribution in [3.05, 3.63) is 65.2 Å². The second-order valence-electron chi connectivity index (χ2n) is 6.82. The summed E-state index contributed by atoms with van der Waals surface area (Å²) in [4.78, 5) is 0. The highest BCUT2D eigenvalue weighted by Crippen LogP contribution is 2.39. The molecule has 0 radical (unpaired) electrons. The van der Waals surface area contributed by atoms with E-state index >= 15 is 0 Å².